The molecule has 1 aliphatic heterocycles. The Morgan fingerprint density at radius 1 is 1.16 bits per heavy atom. The molecule has 1 atom stereocenters. The SMILES string of the molecule is O=C1CSC(c2ccc(C(F)(F)F)cc2)N1c1ccc2[nH]ncc2c1. The summed E-state index contributed by atoms with van der Waals surface area (Å²) >= 11 is 1.40. The number of benzene rings is 2. The van der Waals surface area contributed by atoms with E-state index in [0.29, 0.717) is 11.3 Å². The van der Waals surface area contributed by atoms with Crippen LogP contribution in [0.3, 0.4) is 0 Å². The van der Waals surface area contributed by atoms with Gasteiger partial charge < -0.3 is 0 Å². The molecule has 3 aromatic rings. The van der Waals surface area contributed by atoms with Crippen LogP contribution in [0.25, 0.3) is 10.9 Å². The lowest BCUT2D eigenvalue weighted by Gasteiger charge is -2.24. The second kappa shape index (κ2) is 5.80. The lowest BCUT2D eigenvalue weighted by Crippen LogP contribution is -2.27. The number of anilines is 1. The van der Waals surface area contributed by atoms with E-state index in [1.54, 1.807) is 17.2 Å². The van der Waals surface area contributed by atoms with Crippen LogP contribution >= 0.6 is 11.8 Å². The van der Waals surface area contributed by atoms with E-state index in [9.17, 15) is 18.0 Å². The van der Waals surface area contributed by atoms with Gasteiger partial charge in [-0.2, -0.15) is 18.3 Å². The van der Waals surface area contributed by atoms with Gasteiger partial charge in [-0.05, 0) is 35.9 Å². The van der Waals surface area contributed by atoms with Gasteiger partial charge in [0.05, 0.1) is 23.0 Å². The molecule has 1 aliphatic rings. The summed E-state index contributed by atoms with van der Waals surface area (Å²) in [6.45, 7) is 0. The highest BCUT2D eigenvalue weighted by Gasteiger charge is 2.35. The molecule has 4 nitrogen and oxygen atoms in total. The third-order valence-electron chi connectivity index (χ3n) is 4.09. The highest BCUT2D eigenvalue weighted by molar-refractivity contribution is 8.00. The maximum Gasteiger partial charge on any atom is 0.416 e. The van der Waals surface area contributed by atoms with Crippen LogP contribution in [0.4, 0.5) is 18.9 Å². The fourth-order valence-electron chi connectivity index (χ4n) is 2.87. The predicted molar refractivity (Wildman–Crippen MR) is 90.2 cm³/mol. The third-order valence-corrected chi connectivity index (χ3v) is 5.31. The Balaban J connectivity index is 1.70. The van der Waals surface area contributed by atoms with Crippen LogP contribution in [0.5, 0.6) is 0 Å². The fraction of sp³-hybridized carbons (Fsp3) is 0.176. The molecule has 1 N–H and O–H groups in total. The minimum atomic E-state index is -4.37. The van der Waals surface area contributed by atoms with E-state index < -0.39 is 11.7 Å². The summed E-state index contributed by atoms with van der Waals surface area (Å²) in [5.74, 6) is 0.215. The molecular formula is C17H12F3N3OS. The van der Waals surface area contributed by atoms with Gasteiger partial charge in [-0.1, -0.05) is 12.1 Å². The van der Waals surface area contributed by atoms with Gasteiger partial charge in [-0.25, -0.2) is 0 Å². The van der Waals surface area contributed by atoms with Crippen molar-refractivity contribution in [3.05, 3.63) is 59.8 Å². The molecule has 0 saturated carbocycles. The molecule has 1 amide bonds. The molecule has 25 heavy (non-hydrogen) atoms. The van der Waals surface area contributed by atoms with Crippen molar-refractivity contribution in [1.29, 1.82) is 0 Å². The summed E-state index contributed by atoms with van der Waals surface area (Å²) in [7, 11) is 0. The first-order chi connectivity index (χ1) is 11.9. The van der Waals surface area contributed by atoms with Gasteiger partial charge in [0.15, 0.2) is 0 Å². The Kier molecular flexibility index (Phi) is 3.72. The second-order valence-corrected chi connectivity index (χ2v) is 6.76. The number of alkyl halides is 3. The smallest absolute Gasteiger partial charge is 0.295 e. The summed E-state index contributed by atoms with van der Waals surface area (Å²) in [4.78, 5) is 14.0. The van der Waals surface area contributed by atoms with Gasteiger partial charge in [0.1, 0.15) is 5.37 Å². The minimum Gasteiger partial charge on any atom is -0.295 e. The molecule has 2 heterocycles. The zero-order chi connectivity index (χ0) is 17.6. The number of rotatable bonds is 2. The fourth-order valence-corrected chi connectivity index (χ4v) is 4.04. The normalized spacial score (nSPS) is 18.3. The van der Waals surface area contributed by atoms with Crippen LogP contribution in [0, 0.1) is 0 Å². The maximum absolute atomic E-state index is 12.7. The summed E-state index contributed by atoms with van der Waals surface area (Å²) in [6, 6.07) is 10.5. The number of aromatic amines is 1. The molecule has 4 rings (SSSR count). The van der Waals surface area contributed by atoms with Crippen molar-refractivity contribution in [3.8, 4) is 0 Å². The molecule has 1 fully saturated rings. The third kappa shape index (κ3) is 2.86. The van der Waals surface area contributed by atoms with Crippen LogP contribution in [-0.4, -0.2) is 21.9 Å². The second-order valence-electron chi connectivity index (χ2n) is 5.69. The van der Waals surface area contributed by atoms with Gasteiger partial charge in [0, 0.05) is 11.1 Å². The first kappa shape index (κ1) is 16.0. The van der Waals surface area contributed by atoms with Crippen LogP contribution < -0.4 is 4.90 Å². The van der Waals surface area contributed by atoms with Crippen LogP contribution in [0.15, 0.2) is 48.7 Å². The zero-order valence-corrected chi connectivity index (χ0v) is 13.6. The quantitative estimate of drug-likeness (QED) is 0.736. The number of nitrogens with zero attached hydrogens (tertiary/aromatic N) is 2. The maximum atomic E-state index is 12.7. The van der Waals surface area contributed by atoms with Crippen molar-refractivity contribution in [3.63, 3.8) is 0 Å². The number of H-pyrrole nitrogens is 1. The number of hydrogen-bond acceptors (Lipinski definition) is 3. The standard InChI is InChI=1S/C17H12F3N3OS/c18-17(19,20)12-3-1-10(2-4-12)16-23(15(24)9-25-16)13-5-6-14-11(7-13)8-21-22-14/h1-8,16H,9H2,(H,21,22). The van der Waals surface area contributed by atoms with Crippen LogP contribution in [-0.2, 0) is 11.0 Å². The van der Waals surface area contributed by atoms with E-state index in [0.717, 1.165) is 23.0 Å². The average Bonchev–Trinajstić information content (AvgIpc) is 3.19. The van der Waals surface area contributed by atoms with E-state index in [1.807, 2.05) is 12.1 Å². The number of thioether (sulfide) groups is 1. The van der Waals surface area contributed by atoms with E-state index in [1.165, 1.54) is 23.9 Å². The average molecular weight is 363 g/mol. The van der Waals surface area contributed by atoms with Crippen molar-refractivity contribution >= 4 is 34.3 Å². The minimum absolute atomic E-state index is 0.0715. The Labute approximate surface area is 145 Å². The molecule has 0 radical (unpaired) electrons. The van der Waals surface area contributed by atoms with Gasteiger partial charge in [0.25, 0.3) is 0 Å². The Hall–Kier alpha value is -2.48. The van der Waals surface area contributed by atoms with Crippen molar-refractivity contribution in [2.45, 2.75) is 11.6 Å². The molecular weight excluding hydrogens is 351 g/mol. The zero-order valence-electron chi connectivity index (χ0n) is 12.7. The molecule has 1 aromatic heterocycles. The molecule has 0 bridgehead atoms. The summed E-state index contributed by atoms with van der Waals surface area (Å²) in [6.07, 6.45) is -2.71. The Morgan fingerprint density at radius 3 is 2.64 bits per heavy atom. The molecule has 1 unspecified atom stereocenters. The molecule has 0 aliphatic carbocycles. The molecule has 0 spiro atoms. The van der Waals surface area contributed by atoms with Gasteiger partial charge in [-0.3, -0.25) is 14.8 Å². The van der Waals surface area contributed by atoms with Crippen LogP contribution in [0.2, 0.25) is 0 Å². The predicted octanol–water partition coefficient (Wildman–Crippen LogP) is 4.36. The summed E-state index contributed by atoms with van der Waals surface area (Å²) < 4.78 is 38.2. The number of carbonyl (C=O) groups is 1. The number of amides is 1. The lowest BCUT2D eigenvalue weighted by atomic mass is 10.1. The summed E-state index contributed by atoms with van der Waals surface area (Å²) in [5, 5.41) is 7.33. The number of aromatic nitrogens is 2. The molecule has 1 saturated heterocycles. The first-order valence-corrected chi connectivity index (χ1v) is 8.52. The highest BCUT2D eigenvalue weighted by atomic mass is 32.2. The van der Waals surface area contributed by atoms with Crippen molar-refractivity contribution < 1.29 is 18.0 Å². The topological polar surface area (TPSA) is 49.0 Å². The van der Waals surface area contributed by atoms with E-state index in [-0.39, 0.29) is 17.0 Å². The van der Waals surface area contributed by atoms with E-state index in [4.69, 9.17) is 0 Å². The van der Waals surface area contributed by atoms with E-state index in [2.05, 4.69) is 10.2 Å². The molecule has 8 heteroatoms. The van der Waals surface area contributed by atoms with Crippen molar-refractivity contribution in [2.75, 3.05) is 10.7 Å². The van der Waals surface area contributed by atoms with Gasteiger partial charge >= 0.3 is 6.18 Å². The van der Waals surface area contributed by atoms with Crippen molar-refractivity contribution in [2.24, 2.45) is 0 Å². The first-order valence-electron chi connectivity index (χ1n) is 7.47. The van der Waals surface area contributed by atoms with Gasteiger partial charge in [-0.15, -0.1) is 11.8 Å². The number of fused-ring (bicyclic) bond motifs is 1. The summed E-state index contributed by atoms with van der Waals surface area (Å²) in [5.41, 5.74) is 1.52. The van der Waals surface area contributed by atoms with Crippen molar-refractivity contribution in [1.82, 2.24) is 10.2 Å². The number of nitrogens with one attached hydrogen (secondary N) is 1. The number of halogens is 3. The lowest BCUT2D eigenvalue weighted by molar-refractivity contribution is -0.137. The Bertz CT molecular complexity index is 936. The highest BCUT2D eigenvalue weighted by Crippen LogP contribution is 2.42. The number of carbonyl (C=O) groups excluding carboxylic acids is 1. The molecule has 128 valence electrons. The monoisotopic (exact) mass is 363 g/mol. The number of hydrogen-bond donors (Lipinski definition) is 1. The largest absolute Gasteiger partial charge is 0.416 e. The Morgan fingerprint density at radius 2 is 1.92 bits per heavy atom. The van der Waals surface area contributed by atoms with Gasteiger partial charge in [0.2, 0.25) is 5.91 Å². The van der Waals surface area contributed by atoms with E-state index >= 15 is 0 Å². The molecule has 2 aromatic carbocycles. The van der Waals surface area contributed by atoms with Crippen LogP contribution in [0.1, 0.15) is 16.5 Å².